The van der Waals surface area contributed by atoms with Crippen LogP contribution in [0.5, 0.6) is 0 Å². The Morgan fingerprint density at radius 3 is 2.71 bits per heavy atom. The van der Waals surface area contributed by atoms with Crippen molar-refractivity contribution in [1.29, 1.82) is 0 Å². The minimum absolute atomic E-state index is 0.0754. The molecule has 0 bridgehead atoms. The number of hydrogen-bond acceptors (Lipinski definition) is 6. The Balaban J connectivity index is 1.62. The van der Waals surface area contributed by atoms with Crippen molar-refractivity contribution < 1.29 is 19.1 Å². The molecule has 8 nitrogen and oxygen atoms in total. The van der Waals surface area contributed by atoms with E-state index >= 15 is 0 Å². The molecule has 0 radical (unpaired) electrons. The number of rotatable bonds is 8. The highest BCUT2D eigenvalue weighted by Gasteiger charge is 2.40. The van der Waals surface area contributed by atoms with Crippen LogP contribution in [0.4, 0.5) is 4.79 Å². The molecule has 9 heteroatoms. The Bertz CT molecular complexity index is 956. The minimum atomic E-state index is -0.562. The number of hydrogen-bond donors (Lipinski definition) is 1. The first kappa shape index (κ1) is 24.5. The van der Waals surface area contributed by atoms with E-state index in [0.29, 0.717) is 37.4 Å². The van der Waals surface area contributed by atoms with Crippen molar-refractivity contribution in [2.45, 2.75) is 45.2 Å². The van der Waals surface area contributed by atoms with Gasteiger partial charge in [0, 0.05) is 50.4 Å². The van der Waals surface area contributed by atoms with E-state index in [1.807, 2.05) is 21.7 Å². The predicted molar refractivity (Wildman–Crippen MR) is 131 cm³/mol. The second-order valence-corrected chi connectivity index (χ2v) is 9.94. The van der Waals surface area contributed by atoms with Crippen molar-refractivity contribution in [1.82, 2.24) is 20.0 Å². The van der Waals surface area contributed by atoms with E-state index < -0.39 is 12.0 Å². The summed E-state index contributed by atoms with van der Waals surface area (Å²) in [6, 6.07) is 1.17. The van der Waals surface area contributed by atoms with E-state index in [-0.39, 0.29) is 37.0 Å². The normalized spacial score (nSPS) is 24.0. The fraction of sp³-hybridized carbons (Fsp3) is 0.560. The highest BCUT2D eigenvalue weighted by molar-refractivity contribution is 7.08. The van der Waals surface area contributed by atoms with Gasteiger partial charge >= 0.3 is 12.0 Å². The summed E-state index contributed by atoms with van der Waals surface area (Å²) in [5, 5.41) is 6.86. The maximum absolute atomic E-state index is 13.2. The Morgan fingerprint density at radius 2 is 2.12 bits per heavy atom. The van der Waals surface area contributed by atoms with Gasteiger partial charge in [-0.25, -0.2) is 9.59 Å². The Kier molecular flexibility index (Phi) is 7.73. The van der Waals surface area contributed by atoms with Gasteiger partial charge in [-0.05, 0) is 49.1 Å². The van der Waals surface area contributed by atoms with Crippen LogP contribution >= 0.6 is 11.3 Å². The second-order valence-electron chi connectivity index (χ2n) is 9.16. The summed E-state index contributed by atoms with van der Waals surface area (Å²) in [5.74, 6) is 0.0332. The number of nitrogens with one attached hydrogen (secondary N) is 1. The molecule has 1 aromatic heterocycles. The van der Waals surface area contributed by atoms with Gasteiger partial charge in [0.1, 0.15) is 0 Å². The molecule has 0 unspecified atom stereocenters. The average molecular weight is 487 g/mol. The van der Waals surface area contributed by atoms with Crippen molar-refractivity contribution >= 4 is 29.2 Å². The van der Waals surface area contributed by atoms with Crippen LogP contribution in [0.15, 0.2) is 40.8 Å². The molecule has 0 aromatic carbocycles. The molecule has 4 rings (SSSR count). The third-order valence-corrected chi connectivity index (χ3v) is 7.65. The number of nitrogens with zero attached hydrogens (tertiary/aromatic N) is 3. The minimum Gasteiger partial charge on any atom is -0.463 e. The van der Waals surface area contributed by atoms with E-state index in [1.54, 1.807) is 17.9 Å². The molecule has 3 aliphatic rings. The van der Waals surface area contributed by atoms with Gasteiger partial charge in [-0.2, -0.15) is 11.3 Å². The number of amides is 3. The molecular weight excluding hydrogens is 452 g/mol. The van der Waals surface area contributed by atoms with Crippen LogP contribution in [0.25, 0.3) is 0 Å². The first-order chi connectivity index (χ1) is 16.4. The Morgan fingerprint density at radius 1 is 1.32 bits per heavy atom. The fourth-order valence-electron chi connectivity index (χ4n) is 4.94. The highest BCUT2D eigenvalue weighted by Crippen LogP contribution is 2.34. The quantitative estimate of drug-likeness (QED) is 0.451. The van der Waals surface area contributed by atoms with Gasteiger partial charge in [-0.3, -0.25) is 14.6 Å². The maximum atomic E-state index is 13.2. The van der Waals surface area contributed by atoms with Crippen LogP contribution in [0, 0.1) is 5.92 Å². The molecular formula is C25H34N4O4S. The van der Waals surface area contributed by atoms with Crippen LogP contribution in [-0.2, 0) is 14.3 Å². The highest BCUT2D eigenvalue weighted by atomic mass is 32.1. The van der Waals surface area contributed by atoms with Gasteiger partial charge in [0.25, 0.3) is 0 Å². The molecule has 1 saturated carbocycles. The third-order valence-electron chi connectivity index (χ3n) is 6.94. The van der Waals surface area contributed by atoms with Crippen LogP contribution in [0.3, 0.4) is 0 Å². The smallest absolute Gasteiger partial charge is 0.338 e. The molecule has 2 fully saturated rings. The van der Waals surface area contributed by atoms with Gasteiger partial charge in [0.05, 0.1) is 18.2 Å². The monoisotopic (exact) mass is 486 g/mol. The fourth-order valence-corrected chi connectivity index (χ4v) is 5.63. The zero-order valence-electron chi connectivity index (χ0n) is 20.0. The molecule has 1 aromatic rings. The number of ether oxygens (including phenoxy) is 1. The van der Waals surface area contributed by atoms with Gasteiger partial charge in [0.2, 0.25) is 5.91 Å². The summed E-state index contributed by atoms with van der Waals surface area (Å²) in [6.07, 6.45) is 4.79. The molecule has 0 spiro atoms. The summed E-state index contributed by atoms with van der Waals surface area (Å²) in [4.78, 5) is 44.9. The molecule has 1 saturated heterocycles. The third kappa shape index (κ3) is 4.90. The van der Waals surface area contributed by atoms with Gasteiger partial charge in [-0.1, -0.05) is 12.5 Å². The summed E-state index contributed by atoms with van der Waals surface area (Å²) >= 11 is 1.52. The lowest BCUT2D eigenvalue weighted by Gasteiger charge is -2.44. The first-order valence-electron chi connectivity index (χ1n) is 12.1. The topological polar surface area (TPSA) is 82.2 Å². The van der Waals surface area contributed by atoms with Crippen LogP contribution in [0.2, 0.25) is 0 Å². The number of carbonyl (C=O) groups excluding carboxylic acids is 3. The van der Waals surface area contributed by atoms with Crippen LogP contribution < -0.4 is 5.32 Å². The summed E-state index contributed by atoms with van der Waals surface area (Å²) in [6.45, 7) is 10.6. The van der Waals surface area contributed by atoms with Crippen LogP contribution in [-0.4, -0.2) is 78.0 Å². The van der Waals surface area contributed by atoms with Crippen molar-refractivity contribution in [3.8, 4) is 0 Å². The number of thiophene rings is 1. The van der Waals surface area contributed by atoms with Crippen molar-refractivity contribution in [3.05, 3.63) is 46.3 Å². The predicted octanol–water partition coefficient (Wildman–Crippen LogP) is 3.15. The first-order valence-corrected chi connectivity index (χ1v) is 13.0. The van der Waals surface area contributed by atoms with Gasteiger partial charge in [-0.15, -0.1) is 6.58 Å². The Hall–Kier alpha value is -2.65. The average Bonchev–Trinajstić information content (AvgIpc) is 3.29. The SMILES string of the molecule is C=CCN1C(=O)N[C@H](c2ccsc2)C(C(=O)OCC)=C1CN1CCN(C(=O)C2CCC2)[C@@H](C)C1. The van der Waals surface area contributed by atoms with Crippen molar-refractivity contribution in [2.75, 3.05) is 39.3 Å². The van der Waals surface area contributed by atoms with E-state index in [1.165, 1.54) is 11.3 Å². The summed E-state index contributed by atoms with van der Waals surface area (Å²) in [5.41, 5.74) is 1.97. The second kappa shape index (κ2) is 10.7. The van der Waals surface area contributed by atoms with Crippen molar-refractivity contribution in [3.63, 3.8) is 0 Å². The largest absolute Gasteiger partial charge is 0.463 e. The lowest BCUT2D eigenvalue weighted by molar-refractivity contribution is -0.142. The molecule has 2 aliphatic heterocycles. The van der Waals surface area contributed by atoms with Crippen molar-refractivity contribution in [2.24, 2.45) is 5.92 Å². The Labute approximate surface area is 205 Å². The van der Waals surface area contributed by atoms with E-state index in [9.17, 15) is 14.4 Å². The lowest BCUT2D eigenvalue weighted by Crippen LogP contribution is -2.57. The lowest BCUT2D eigenvalue weighted by atomic mass is 9.84. The number of urea groups is 1. The molecule has 3 heterocycles. The number of piperazine rings is 1. The molecule has 1 N–H and O–H groups in total. The maximum Gasteiger partial charge on any atom is 0.338 e. The summed E-state index contributed by atoms with van der Waals surface area (Å²) < 4.78 is 5.44. The van der Waals surface area contributed by atoms with Gasteiger partial charge < -0.3 is 15.0 Å². The number of esters is 1. The zero-order valence-corrected chi connectivity index (χ0v) is 20.8. The molecule has 3 amide bonds. The number of carbonyl (C=O) groups is 3. The molecule has 34 heavy (non-hydrogen) atoms. The van der Waals surface area contributed by atoms with Gasteiger partial charge in [0.15, 0.2) is 0 Å². The standard InChI is InChI=1S/C25H34N4O4S/c1-4-10-29-20(15-27-11-12-28(17(3)14-27)23(30)18-7-6-8-18)21(24(31)33-5-2)22(26-25(29)32)19-9-13-34-16-19/h4,9,13,16-18,22H,1,5-8,10-12,14-15H2,2-3H3,(H,26,32)/t17-,22+/m0/s1. The van der Waals surface area contributed by atoms with E-state index in [0.717, 1.165) is 24.8 Å². The molecule has 184 valence electrons. The molecule has 1 aliphatic carbocycles. The molecule has 2 atom stereocenters. The van der Waals surface area contributed by atoms with E-state index in [2.05, 4.69) is 23.7 Å². The van der Waals surface area contributed by atoms with Crippen LogP contribution in [0.1, 0.15) is 44.7 Å². The van der Waals surface area contributed by atoms with E-state index in [4.69, 9.17) is 4.74 Å². The summed E-state index contributed by atoms with van der Waals surface area (Å²) in [7, 11) is 0. The zero-order chi connectivity index (χ0) is 24.2.